The van der Waals surface area contributed by atoms with Gasteiger partial charge < -0.3 is 10.1 Å². The lowest BCUT2D eigenvalue weighted by Gasteiger charge is -2.32. The molecule has 0 aromatic rings. The summed E-state index contributed by atoms with van der Waals surface area (Å²) >= 11 is 1.78. The standard InChI is InChI=1S/C12H20N2O3S2/c15-19(16)7-1-10(2-8-19)13-11-14-12(9-18-11)3-5-17-6-4-12/h10H,1-9H2,(H,13,14). The van der Waals surface area contributed by atoms with Gasteiger partial charge in [0.2, 0.25) is 0 Å². The second kappa shape index (κ2) is 5.26. The molecular formula is C12H20N2O3S2. The van der Waals surface area contributed by atoms with Crippen molar-refractivity contribution in [3.8, 4) is 0 Å². The SMILES string of the molecule is O=S1(=O)CCC(N=C2NC3(CCOCC3)CS2)CC1. The van der Waals surface area contributed by atoms with E-state index in [0.717, 1.165) is 37.0 Å². The first-order valence-electron chi connectivity index (χ1n) is 6.84. The minimum Gasteiger partial charge on any atom is -0.381 e. The van der Waals surface area contributed by atoms with Crippen LogP contribution in [0.4, 0.5) is 0 Å². The van der Waals surface area contributed by atoms with Crippen molar-refractivity contribution in [3.05, 3.63) is 0 Å². The van der Waals surface area contributed by atoms with Crippen LogP contribution in [0.25, 0.3) is 0 Å². The number of nitrogens with one attached hydrogen (secondary N) is 1. The predicted molar refractivity (Wildman–Crippen MR) is 77.5 cm³/mol. The number of ether oxygens (including phenoxy) is 1. The Morgan fingerprint density at radius 2 is 1.95 bits per heavy atom. The molecule has 1 spiro atoms. The van der Waals surface area contributed by atoms with E-state index in [4.69, 9.17) is 9.73 Å². The molecule has 0 saturated carbocycles. The Bertz CT molecular complexity index is 455. The van der Waals surface area contributed by atoms with Gasteiger partial charge in [-0.2, -0.15) is 0 Å². The molecule has 7 heteroatoms. The van der Waals surface area contributed by atoms with Crippen LogP contribution in [-0.2, 0) is 14.6 Å². The van der Waals surface area contributed by atoms with E-state index >= 15 is 0 Å². The zero-order valence-corrected chi connectivity index (χ0v) is 12.6. The molecule has 19 heavy (non-hydrogen) atoms. The fourth-order valence-corrected chi connectivity index (χ4v) is 5.53. The van der Waals surface area contributed by atoms with Crippen molar-refractivity contribution in [1.82, 2.24) is 5.32 Å². The van der Waals surface area contributed by atoms with E-state index in [2.05, 4.69) is 5.32 Å². The van der Waals surface area contributed by atoms with Crippen molar-refractivity contribution in [2.24, 2.45) is 4.99 Å². The summed E-state index contributed by atoms with van der Waals surface area (Å²) in [5.41, 5.74) is 0.169. The second-order valence-corrected chi connectivity index (χ2v) is 8.89. The molecule has 3 heterocycles. The second-order valence-electron chi connectivity index (χ2n) is 5.62. The van der Waals surface area contributed by atoms with Crippen LogP contribution in [0.1, 0.15) is 25.7 Å². The quantitative estimate of drug-likeness (QED) is 0.776. The summed E-state index contributed by atoms with van der Waals surface area (Å²) < 4.78 is 28.2. The first-order chi connectivity index (χ1) is 9.07. The molecule has 3 aliphatic heterocycles. The van der Waals surface area contributed by atoms with Gasteiger partial charge in [0.05, 0.1) is 23.1 Å². The molecule has 108 valence electrons. The van der Waals surface area contributed by atoms with Gasteiger partial charge >= 0.3 is 0 Å². The minimum absolute atomic E-state index is 0.169. The van der Waals surface area contributed by atoms with Gasteiger partial charge in [-0.1, -0.05) is 11.8 Å². The van der Waals surface area contributed by atoms with Gasteiger partial charge in [0.1, 0.15) is 9.84 Å². The maximum atomic E-state index is 11.4. The summed E-state index contributed by atoms with van der Waals surface area (Å²) in [5, 5.41) is 4.56. The van der Waals surface area contributed by atoms with E-state index in [1.807, 2.05) is 0 Å². The van der Waals surface area contributed by atoms with Crippen LogP contribution in [0.2, 0.25) is 0 Å². The van der Waals surface area contributed by atoms with E-state index in [1.54, 1.807) is 11.8 Å². The Hall–Kier alpha value is -0.270. The van der Waals surface area contributed by atoms with Crippen molar-refractivity contribution in [2.45, 2.75) is 37.3 Å². The number of amidine groups is 1. The van der Waals surface area contributed by atoms with Gasteiger partial charge in [0.25, 0.3) is 0 Å². The van der Waals surface area contributed by atoms with Crippen molar-refractivity contribution in [1.29, 1.82) is 0 Å². The third kappa shape index (κ3) is 3.25. The van der Waals surface area contributed by atoms with Crippen molar-refractivity contribution >= 4 is 26.8 Å². The highest BCUT2D eigenvalue weighted by Gasteiger charge is 2.39. The maximum Gasteiger partial charge on any atom is 0.157 e. The highest BCUT2D eigenvalue weighted by Crippen LogP contribution is 2.32. The van der Waals surface area contributed by atoms with Crippen LogP contribution in [0.5, 0.6) is 0 Å². The molecule has 3 rings (SSSR count). The Labute approximate surface area is 118 Å². The summed E-state index contributed by atoms with van der Waals surface area (Å²) in [6, 6.07) is 0.175. The molecule has 1 N–H and O–H groups in total. The Kier molecular flexibility index (Phi) is 3.79. The van der Waals surface area contributed by atoms with E-state index in [-0.39, 0.29) is 23.1 Å². The highest BCUT2D eigenvalue weighted by molar-refractivity contribution is 8.14. The van der Waals surface area contributed by atoms with Gasteiger partial charge in [0, 0.05) is 19.0 Å². The van der Waals surface area contributed by atoms with Crippen molar-refractivity contribution in [2.75, 3.05) is 30.5 Å². The number of hydrogen-bond donors (Lipinski definition) is 1. The molecule has 3 aliphatic rings. The lowest BCUT2D eigenvalue weighted by molar-refractivity contribution is 0.0555. The number of nitrogens with zero attached hydrogens (tertiary/aromatic N) is 1. The molecule has 0 bridgehead atoms. The molecule has 0 aliphatic carbocycles. The fraction of sp³-hybridized carbons (Fsp3) is 0.917. The zero-order valence-electron chi connectivity index (χ0n) is 10.9. The molecule has 0 radical (unpaired) electrons. The third-order valence-electron chi connectivity index (χ3n) is 4.13. The van der Waals surface area contributed by atoms with E-state index in [9.17, 15) is 8.42 Å². The maximum absolute atomic E-state index is 11.4. The van der Waals surface area contributed by atoms with Crippen LogP contribution in [0, 0.1) is 0 Å². The van der Waals surface area contributed by atoms with Gasteiger partial charge in [-0.3, -0.25) is 4.99 Å². The van der Waals surface area contributed by atoms with E-state index in [1.165, 1.54) is 0 Å². The topological polar surface area (TPSA) is 67.8 Å². The van der Waals surface area contributed by atoms with Gasteiger partial charge in [-0.15, -0.1) is 0 Å². The molecule has 5 nitrogen and oxygen atoms in total. The predicted octanol–water partition coefficient (Wildman–Crippen LogP) is 0.805. The Morgan fingerprint density at radius 1 is 1.26 bits per heavy atom. The van der Waals surface area contributed by atoms with Crippen LogP contribution in [-0.4, -0.2) is 55.6 Å². The highest BCUT2D eigenvalue weighted by atomic mass is 32.2. The van der Waals surface area contributed by atoms with Crippen LogP contribution in [0.15, 0.2) is 4.99 Å². The third-order valence-corrected chi connectivity index (χ3v) is 7.02. The van der Waals surface area contributed by atoms with Crippen molar-refractivity contribution < 1.29 is 13.2 Å². The first-order valence-corrected chi connectivity index (χ1v) is 9.65. The number of hydrogen-bond acceptors (Lipinski definition) is 5. The minimum atomic E-state index is -2.79. The number of thioether (sulfide) groups is 1. The molecule has 0 aromatic carbocycles. The zero-order chi connectivity index (χ0) is 13.3. The Morgan fingerprint density at radius 3 is 2.63 bits per heavy atom. The normalized spacial score (nSPS) is 32.5. The molecule has 0 unspecified atom stereocenters. The smallest absolute Gasteiger partial charge is 0.157 e. The molecule has 0 atom stereocenters. The van der Waals surface area contributed by atoms with Crippen LogP contribution < -0.4 is 5.32 Å². The first kappa shape index (κ1) is 13.7. The number of sulfone groups is 1. The fourth-order valence-electron chi connectivity index (χ4n) is 2.78. The average Bonchev–Trinajstić information content (AvgIpc) is 2.76. The van der Waals surface area contributed by atoms with Crippen LogP contribution in [0.3, 0.4) is 0 Å². The molecule has 0 aromatic heterocycles. The van der Waals surface area contributed by atoms with Gasteiger partial charge in [0.15, 0.2) is 5.17 Å². The lowest BCUT2D eigenvalue weighted by Crippen LogP contribution is -2.48. The van der Waals surface area contributed by atoms with Crippen molar-refractivity contribution in [3.63, 3.8) is 0 Å². The van der Waals surface area contributed by atoms with Gasteiger partial charge in [-0.05, 0) is 25.7 Å². The monoisotopic (exact) mass is 304 g/mol. The Balaban J connectivity index is 1.60. The summed E-state index contributed by atoms with van der Waals surface area (Å²) in [5.74, 6) is 1.64. The molecule has 3 fully saturated rings. The molecular weight excluding hydrogens is 284 g/mol. The summed E-state index contributed by atoms with van der Waals surface area (Å²) in [7, 11) is -2.79. The number of aliphatic imine (C=N–C) groups is 1. The largest absolute Gasteiger partial charge is 0.381 e. The van der Waals surface area contributed by atoms with E-state index < -0.39 is 9.84 Å². The van der Waals surface area contributed by atoms with Crippen LogP contribution >= 0.6 is 11.8 Å². The summed E-state index contributed by atoms with van der Waals surface area (Å²) in [6.45, 7) is 1.64. The summed E-state index contributed by atoms with van der Waals surface area (Å²) in [6.07, 6.45) is 3.42. The lowest BCUT2D eigenvalue weighted by atomic mass is 9.93. The molecule has 3 saturated heterocycles. The number of rotatable bonds is 1. The molecule has 0 amide bonds. The summed E-state index contributed by atoms with van der Waals surface area (Å²) in [4.78, 5) is 4.71. The average molecular weight is 304 g/mol. The van der Waals surface area contributed by atoms with E-state index in [0.29, 0.717) is 12.8 Å². The van der Waals surface area contributed by atoms with Gasteiger partial charge in [-0.25, -0.2) is 8.42 Å².